The number of halogens is 1. The highest BCUT2D eigenvalue weighted by atomic mass is 35.5. The lowest BCUT2D eigenvalue weighted by Gasteiger charge is -2.09. The van der Waals surface area contributed by atoms with Gasteiger partial charge in [0.05, 0.1) is 0 Å². The third-order valence-electron chi connectivity index (χ3n) is 2.74. The maximum absolute atomic E-state index is 5.92. The van der Waals surface area contributed by atoms with Gasteiger partial charge in [-0.1, -0.05) is 37.6 Å². The van der Waals surface area contributed by atoms with E-state index in [0.717, 1.165) is 11.3 Å². The number of aromatic nitrogens is 2. The number of ether oxygens (including phenoxy) is 1. The van der Waals surface area contributed by atoms with Gasteiger partial charge < -0.3 is 4.74 Å². The first-order valence-electron chi connectivity index (χ1n) is 5.83. The van der Waals surface area contributed by atoms with E-state index < -0.39 is 0 Å². The van der Waals surface area contributed by atoms with Crippen LogP contribution in [0.15, 0.2) is 30.6 Å². The van der Waals surface area contributed by atoms with Crippen molar-refractivity contribution in [2.45, 2.75) is 26.7 Å². The maximum atomic E-state index is 5.92. The molecular weight excluding hydrogens is 248 g/mol. The molecule has 0 bridgehead atoms. The molecule has 0 aliphatic heterocycles. The molecule has 0 N–H and O–H groups in total. The van der Waals surface area contributed by atoms with Crippen LogP contribution in [0, 0.1) is 6.92 Å². The van der Waals surface area contributed by atoms with E-state index in [-0.39, 0.29) is 0 Å². The maximum Gasteiger partial charge on any atom is 0.226 e. The molecule has 3 nitrogen and oxygen atoms in total. The molecule has 0 saturated carbocycles. The molecular formula is C14H15ClN2O. The van der Waals surface area contributed by atoms with Gasteiger partial charge in [0.25, 0.3) is 0 Å². The molecule has 1 aromatic carbocycles. The summed E-state index contributed by atoms with van der Waals surface area (Å²) < 4.78 is 5.69. The Kier molecular flexibility index (Phi) is 3.82. The topological polar surface area (TPSA) is 35.0 Å². The van der Waals surface area contributed by atoms with Crippen molar-refractivity contribution in [3.8, 4) is 11.6 Å². The predicted molar refractivity (Wildman–Crippen MR) is 72.4 cm³/mol. The Balaban J connectivity index is 2.21. The third kappa shape index (κ3) is 2.79. The smallest absolute Gasteiger partial charge is 0.226 e. The minimum atomic E-state index is 0.416. The summed E-state index contributed by atoms with van der Waals surface area (Å²) in [5.41, 5.74) is 2.02. The first-order chi connectivity index (χ1) is 8.58. The van der Waals surface area contributed by atoms with Crippen LogP contribution < -0.4 is 4.74 Å². The molecule has 18 heavy (non-hydrogen) atoms. The molecule has 0 saturated heterocycles. The third-order valence-corrected chi connectivity index (χ3v) is 3.12. The molecule has 94 valence electrons. The number of hydrogen-bond acceptors (Lipinski definition) is 3. The van der Waals surface area contributed by atoms with Crippen molar-refractivity contribution in [3.05, 3.63) is 46.9 Å². The van der Waals surface area contributed by atoms with Gasteiger partial charge >= 0.3 is 0 Å². The van der Waals surface area contributed by atoms with Crippen molar-refractivity contribution in [1.82, 2.24) is 9.97 Å². The number of hydrogen-bond donors (Lipinski definition) is 0. The zero-order valence-electron chi connectivity index (χ0n) is 10.6. The standard InChI is InChI=1S/C14H15ClN2O/c1-9(2)11-4-6-12(7-5-11)18-14-10(3)13(15)16-8-17-14/h4-9H,1-3H3. The summed E-state index contributed by atoms with van der Waals surface area (Å²) in [6.45, 7) is 6.15. The van der Waals surface area contributed by atoms with Crippen LogP contribution >= 0.6 is 11.6 Å². The lowest BCUT2D eigenvalue weighted by atomic mass is 10.0. The normalized spacial score (nSPS) is 10.7. The van der Waals surface area contributed by atoms with Crippen LogP contribution in [0.2, 0.25) is 5.15 Å². The van der Waals surface area contributed by atoms with Gasteiger partial charge in [-0.3, -0.25) is 0 Å². The van der Waals surface area contributed by atoms with Crippen molar-refractivity contribution in [1.29, 1.82) is 0 Å². The van der Waals surface area contributed by atoms with E-state index in [4.69, 9.17) is 16.3 Å². The summed E-state index contributed by atoms with van der Waals surface area (Å²) in [7, 11) is 0. The molecule has 0 radical (unpaired) electrons. The van der Waals surface area contributed by atoms with Crippen molar-refractivity contribution in [2.75, 3.05) is 0 Å². The summed E-state index contributed by atoms with van der Waals surface area (Å²) >= 11 is 5.92. The average molecular weight is 263 g/mol. The molecule has 0 fully saturated rings. The fourth-order valence-corrected chi connectivity index (χ4v) is 1.67. The second-order valence-corrected chi connectivity index (χ2v) is 4.78. The Labute approximate surface area is 112 Å². The molecule has 2 aromatic rings. The molecule has 0 aliphatic rings. The first-order valence-corrected chi connectivity index (χ1v) is 6.20. The molecule has 0 atom stereocenters. The van der Waals surface area contributed by atoms with Crippen LogP contribution in [-0.2, 0) is 0 Å². The summed E-state index contributed by atoms with van der Waals surface area (Å²) in [6, 6.07) is 7.98. The summed E-state index contributed by atoms with van der Waals surface area (Å²) in [5.74, 6) is 1.75. The molecule has 0 amide bonds. The van der Waals surface area contributed by atoms with Gasteiger partial charge in [0.2, 0.25) is 5.88 Å². The van der Waals surface area contributed by atoms with Gasteiger partial charge in [0.1, 0.15) is 17.2 Å². The second-order valence-electron chi connectivity index (χ2n) is 4.42. The first kappa shape index (κ1) is 12.8. The highest BCUT2D eigenvalue weighted by Gasteiger charge is 2.07. The summed E-state index contributed by atoms with van der Waals surface area (Å²) in [5, 5.41) is 0.416. The van der Waals surface area contributed by atoms with E-state index in [1.54, 1.807) is 0 Å². The van der Waals surface area contributed by atoms with Gasteiger partial charge in [0, 0.05) is 5.56 Å². The van der Waals surface area contributed by atoms with E-state index in [9.17, 15) is 0 Å². The van der Waals surface area contributed by atoms with Crippen LogP contribution in [-0.4, -0.2) is 9.97 Å². The van der Waals surface area contributed by atoms with E-state index >= 15 is 0 Å². The lowest BCUT2D eigenvalue weighted by molar-refractivity contribution is 0.457. The highest BCUT2D eigenvalue weighted by Crippen LogP contribution is 2.26. The molecule has 0 spiro atoms. The van der Waals surface area contributed by atoms with Crippen molar-refractivity contribution in [3.63, 3.8) is 0 Å². The quantitative estimate of drug-likeness (QED) is 0.771. The Bertz CT molecular complexity index is 538. The van der Waals surface area contributed by atoms with Crippen LogP contribution in [0.1, 0.15) is 30.9 Å². The fraction of sp³-hybridized carbons (Fsp3) is 0.286. The predicted octanol–water partition coefficient (Wildman–Crippen LogP) is 4.35. The highest BCUT2D eigenvalue weighted by molar-refractivity contribution is 6.30. The van der Waals surface area contributed by atoms with Gasteiger partial charge in [-0.05, 0) is 30.5 Å². The molecule has 0 unspecified atom stereocenters. The van der Waals surface area contributed by atoms with E-state index in [2.05, 4.69) is 35.9 Å². The van der Waals surface area contributed by atoms with E-state index in [0.29, 0.717) is 17.0 Å². The van der Waals surface area contributed by atoms with Gasteiger partial charge in [-0.25, -0.2) is 9.97 Å². The lowest BCUT2D eigenvalue weighted by Crippen LogP contribution is -1.94. The number of nitrogens with zero attached hydrogens (tertiary/aromatic N) is 2. The Morgan fingerprint density at radius 2 is 1.78 bits per heavy atom. The number of rotatable bonds is 3. The van der Waals surface area contributed by atoms with E-state index in [1.807, 2.05) is 19.1 Å². The van der Waals surface area contributed by atoms with Crippen LogP contribution in [0.4, 0.5) is 0 Å². The van der Waals surface area contributed by atoms with Crippen molar-refractivity contribution >= 4 is 11.6 Å². The zero-order chi connectivity index (χ0) is 13.1. The average Bonchev–Trinajstić information content (AvgIpc) is 2.36. The zero-order valence-corrected chi connectivity index (χ0v) is 11.4. The van der Waals surface area contributed by atoms with Crippen molar-refractivity contribution < 1.29 is 4.74 Å². The molecule has 4 heteroatoms. The minimum absolute atomic E-state index is 0.416. The summed E-state index contributed by atoms with van der Waals surface area (Å²) in [6.07, 6.45) is 1.40. The molecule has 1 heterocycles. The monoisotopic (exact) mass is 262 g/mol. The van der Waals surface area contributed by atoms with E-state index in [1.165, 1.54) is 11.9 Å². The SMILES string of the molecule is Cc1c(Cl)ncnc1Oc1ccc(C(C)C)cc1. The Morgan fingerprint density at radius 3 is 2.39 bits per heavy atom. The van der Waals surface area contributed by atoms with Gasteiger partial charge in [-0.15, -0.1) is 0 Å². The molecule has 0 aliphatic carbocycles. The van der Waals surface area contributed by atoms with Gasteiger partial charge in [0.15, 0.2) is 0 Å². The second kappa shape index (κ2) is 5.36. The Morgan fingerprint density at radius 1 is 1.11 bits per heavy atom. The largest absolute Gasteiger partial charge is 0.439 e. The van der Waals surface area contributed by atoms with Crippen molar-refractivity contribution in [2.24, 2.45) is 0 Å². The van der Waals surface area contributed by atoms with Crippen LogP contribution in [0.25, 0.3) is 0 Å². The van der Waals surface area contributed by atoms with Crippen LogP contribution in [0.3, 0.4) is 0 Å². The molecule has 1 aromatic heterocycles. The Hall–Kier alpha value is -1.61. The number of benzene rings is 1. The molecule has 2 rings (SSSR count). The van der Waals surface area contributed by atoms with Gasteiger partial charge in [-0.2, -0.15) is 0 Å². The minimum Gasteiger partial charge on any atom is -0.439 e. The fourth-order valence-electron chi connectivity index (χ4n) is 1.55. The van der Waals surface area contributed by atoms with Crippen LogP contribution in [0.5, 0.6) is 11.6 Å². The summed E-state index contributed by atoms with van der Waals surface area (Å²) in [4.78, 5) is 7.97.